The summed E-state index contributed by atoms with van der Waals surface area (Å²) in [5.74, 6) is 1.49. The number of aryl methyl sites for hydroxylation is 1. The molecule has 1 aromatic heterocycles. The van der Waals surface area contributed by atoms with E-state index in [-0.39, 0.29) is 16.8 Å². The molecule has 1 aliphatic carbocycles. The van der Waals surface area contributed by atoms with Gasteiger partial charge in [0.1, 0.15) is 5.75 Å². The molecule has 1 saturated carbocycles. The van der Waals surface area contributed by atoms with Crippen LogP contribution in [0.3, 0.4) is 0 Å². The lowest BCUT2D eigenvalue weighted by Gasteiger charge is -2.30. The second kappa shape index (κ2) is 7.35. The molecule has 1 amide bonds. The summed E-state index contributed by atoms with van der Waals surface area (Å²) in [7, 11) is 1.67. The van der Waals surface area contributed by atoms with Crippen LogP contribution >= 0.6 is 11.6 Å². The number of para-hydroxylation sites is 1. The second-order valence-electron chi connectivity index (χ2n) is 7.80. The summed E-state index contributed by atoms with van der Waals surface area (Å²) in [6, 6.07) is 7.49. The van der Waals surface area contributed by atoms with Gasteiger partial charge in [-0.2, -0.15) is 0 Å². The summed E-state index contributed by atoms with van der Waals surface area (Å²) < 4.78 is 11.6. The lowest BCUT2D eigenvalue weighted by molar-refractivity contribution is 0.123. The molecular formula is C20H24ClN3O3. The molecule has 6 nitrogen and oxygen atoms in total. The Morgan fingerprint density at radius 1 is 1.26 bits per heavy atom. The SMILES string of the molecule is Cc1cccc(C2CC2)c1Oc1nnc(Cl)cc1OC(=O)N(C)C(C)(C)C. The maximum atomic E-state index is 12.5. The first-order valence-corrected chi connectivity index (χ1v) is 9.31. The van der Waals surface area contributed by atoms with Gasteiger partial charge < -0.3 is 14.4 Å². The van der Waals surface area contributed by atoms with E-state index in [1.54, 1.807) is 7.05 Å². The van der Waals surface area contributed by atoms with Crippen LogP contribution in [0.5, 0.6) is 17.4 Å². The molecule has 7 heteroatoms. The van der Waals surface area contributed by atoms with E-state index in [1.807, 2.05) is 39.8 Å². The molecule has 1 fully saturated rings. The topological polar surface area (TPSA) is 64.6 Å². The smallest absolute Gasteiger partial charge is 0.415 e. The zero-order chi connectivity index (χ0) is 19.8. The number of halogens is 1. The van der Waals surface area contributed by atoms with Crippen LogP contribution in [0.1, 0.15) is 50.7 Å². The van der Waals surface area contributed by atoms with Crippen molar-refractivity contribution in [2.24, 2.45) is 0 Å². The minimum atomic E-state index is -0.524. The third-order valence-electron chi connectivity index (χ3n) is 4.63. The van der Waals surface area contributed by atoms with Crippen LogP contribution in [0.25, 0.3) is 0 Å². The first-order chi connectivity index (χ1) is 12.7. The number of ether oxygens (including phenoxy) is 2. The number of hydrogen-bond donors (Lipinski definition) is 0. The predicted molar refractivity (Wildman–Crippen MR) is 104 cm³/mol. The third-order valence-corrected chi connectivity index (χ3v) is 4.82. The second-order valence-corrected chi connectivity index (χ2v) is 8.19. The van der Waals surface area contributed by atoms with E-state index >= 15 is 0 Å². The number of carbonyl (C=O) groups excluding carboxylic acids is 1. The lowest BCUT2D eigenvalue weighted by Crippen LogP contribution is -2.44. The normalized spacial score (nSPS) is 14.0. The predicted octanol–water partition coefficient (Wildman–Crippen LogP) is 5.34. The molecule has 1 heterocycles. The average Bonchev–Trinajstić information content (AvgIpc) is 3.42. The average molecular weight is 390 g/mol. The summed E-state index contributed by atoms with van der Waals surface area (Å²) in [5.41, 5.74) is 1.73. The number of nitrogens with zero attached hydrogens (tertiary/aromatic N) is 3. The fourth-order valence-electron chi connectivity index (χ4n) is 2.55. The van der Waals surface area contributed by atoms with E-state index in [9.17, 15) is 4.79 Å². The van der Waals surface area contributed by atoms with Gasteiger partial charge in [-0.05, 0) is 57.6 Å². The van der Waals surface area contributed by atoms with Crippen LogP contribution in [0.15, 0.2) is 24.3 Å². The fourth-order valence-corrected chi connectivity index (χ4v) is 2.69. The van der Waals surface area contributed by atoms with Crippen molar-refractivity contribution in [1.29, 1.82) is 0 Å². The highest BCUT2D eigenvalue weighted by Crippen LogP contribution is 2.46. The van der Waals surface area contributed by atoms with Crippen LogP contribution in [-0.4, -0.2) is 33.8 Å². The van der Waals surface area contributed by atoms with Crippen molar-refractivity contribution in [3.63, 3.8) is 0 Å². The Labute approximate surface area is 164 Å². The number of amides is 1. The first-order valence-electron chi connectivity index (χ1n) is 8.93. The Morgan fingerprint density at radius 3 is 2.59 bits per heavy atom. The largest absolute Gasteiger partial charge is 0.434 e. The van der Waals surface area contributed by atoms with Crippen molar-refractivity contribution in [1.82, 2.24) is 15.1 Å². The molecule has 1 aliphatic rings. The van der Waals surface area contributed by atoms with Crippen molar-refractivity contribution >= 4 is 17.7 Å². The molecule has 0 radical (unpaired) electrons. The molecule has 2 aromatic rings. The van der Waals surface area contributed by atoms with Gasteiger partial charge in [-0.3, -0.25) is 0 Å². The molecule has 0 aliphatic heterocycles. The number of rotatable bonds is 4. The van der Waals surface area contributed by atoms with E-state index < -0.39 is 11.6 Å². The molecule has 0 bridgehead atoms. The van der Waals surface area contributed by atoms with Gasteiger partial charge in [0.05, 0.1) is 0 Å². The zero-order valence-corrected chi connectivity index (χ0v) is 17.0. The zero-order valence-electron chi connectivity index (χ0n) is 16.2. The Morgan fingerprint density at radius 2 is 1.96 bits per heavy atom. The maximum Gasteiger partial charge on any atom is 0.415 e. The first kappa shape index (κ1) is 19.4. The summed E-state index contributed by atoms with van der Waals surface area (Å²) in [4.78, 5) is 14.0. The maximum absolute atomic E-state index is 12.5. The highest BCUT2D eigenvalue weighted by atomic mass is 35.5. The van der Waals surface area contributed by atoms with Gasteiger partial charge in [-0.25, -0.2) is 4.79 Å². The standard InChI is InChI=1S/C20H24ClN3O3/c1-12-7-6-8-14(13-9-10-13)17(12)27-18-15(11-16(21)22-23-18)26-19(25)24(5)20(2,3)4/h6-8,11,13H,9-10H2,1-5H3. The number of benzene rings is 1. The molecule has 0 N–H and O–H groups in total. The summed E-state index contributed by atoms with van der Waals surface area (Å²) in [6.45, 7) is 7.72. The van der Waals surface area contributed by atoms with Gasteiger partial charge >= 0.3 is 6.09 Å². The van der Waals surface area contributed by atoms with E-state index in [2.05, 4.69) is 16.3 Å². The lowest BCUT2D eigenvalue weighted by atomic mass is 10.1. The molecule has 0 saturated heterocycles. The summed E-state index contributed by atoms with van der Waals surface area (Å²) in [5, 5.41) is 7.97. The van der Waals surface area contributed by atoms with Crippen LogP contribution in [0.4, 0.5) is 4.79 Å². The Balaban J connectivity index is 1.91. The van der Waals surface area contributed by atoms with Gasteiger partial charge in [-0.15, -0.1) is 10.2 Å². The minimum Gasteiger partial charge on any atom is -0.434 e. The van der Waals surface area contributed by atoms with E-state index in [4.69, 9.17) is 21.1 Å². The van der Waals surface area contributed by atoms with Crippen LogP contribution in [-0.2, 0) is 0 Å². The minimum absolute atomic E-state index is 0.117. The van der Waals surface area contributed by atoms with Crippen molar-refractivity contribution in [2.75, 3.05) is 7.05 Å². The number of aromatic nitrogens is 2. The Bertz CT molecular complexity index is 860. The Kier molecular flexibility index (Phi) is 5.29. The molecular weight excluding hydrogens is 366 g/mol. The number of carbonyl (C=O) groups is 1. The van der Waals surface area contributed by atoms with Gasteiger partial charge in [0.25, 0.3) is 5.88 Å². The number of hydrogen-bond acceptors (Lipinski definition) is 5. The third kappa shape index (κ3) is 4.50. The van der Waals surface area contributed by atoms with Crippen molar-refractivity contribution in [3.8, 4) is 17.4 Å². The van der Waals surface area contributed by atoms with Crippen LogP contribution < -0.4 is 9.47 Å². The van der Waals surface area contributed by atoms with E-state index in [0.717, 1.165) is 29.7 Å². The van der Waals surface area contributed by atoms with Crippen molar-refractivity contribution in [3.05, 3.63) is 40.5 Å². The molecule has 0 spiro atoms. The quantitative estimate of drug-likeness (QED) is 0.706. The van der Waals surface area contributed by atoms with Gasteiger partial charge in [0, 0.05) is 18.7 Å². The van der Waals surface area contributed by atoms with Gasteiger partial charge in [0.2, 0.25) is 0 Å². The molecule has 0 unspecified atom stereocenters. The van der Waals surface area contributed by atoms with Crippen LogP contribution in [0.2, 0.25) is 5.15 Å². The van der Waals surface area contributed by atoms with E-state index in [1.165, 1.54) is 11.0 Å². The molecule has 0 atom stereocenters. The molecule has 27 heavy (non-hydrogen) atoms. The monoisotopic (exact) mass is 389 g/mol. The molecule has 144 valence electrons. The highest BCUT2D eigenvalue weighted by Gasteiger charge is 2.29. The van der Waals surface area contributed by atoms with Gasteiger partial charge in [-0.1, -0.05) is 29.8 Å². The highest BCUT2D eigenvalue weighted by molar-refractivity contribution is 6.29. The van der Waals surface area contributed by atoms with Crippen molar-refractivity contribution < 1.29 is 14.3 Å². The summed E-state index contributed by atoms with van der Waals surface area (Å²) >= 11 is 5.96. The molecule has 1 aromatic carbocycles. The summed E-state index contributed by atoms with van der Waals surface area (Å²) in [6.07, 6.45) is 1.76. The van der Waals surface area contributed by atoms with Gasteiger partial charge in [0.15, 0.2) is 10.9 Å². The molecule has 3 rings (SSSR count). The fraction of sp³-hybridized carbons (Fsp3) is 0.450. The van der Waals surface area contributed by atoms with E-state index in [0.29, 0.717) is 5.92 Å². The van der Waals surface area contributed by atoms with Crippen LogP contribution in [0, 0.1) is 6.92 Å². The van der Waals surface area contributed by atoms with Crippen molar-refractivity contribution in [2.45, 2.75) is 52.0 Å². The Hall–Kier alpha value is -2.34.